The van der Waals surface area contributed by atoms with Gasteiger partial charge >= 0.3 is 0 Å². The van der Waals surface area contributed by atoms with Crippen molar-refractivity contribution in [1.29, 1.82) is 0 Å². The second-order valence-electron chi connectivity index (χ2n) is 8.96. The molecule has 1 fully saturated rings. The molecular formula is C26H23FN6O3S2. The van der Waals surface area contributed by atoms with E-state index in [2.05, 4.69) is 10.3 Å². The molecule has 194 valence electrons. The molecule has 2 aromatic carbocycles. The molecular weight excluding hydrogens is 527 g/mol. The van der Waals surface area contributed by atoms with Gasteiger partial charge in [-0.2, -0.15) is 4.31 Å². The zero-order valence-corrected chi connectivity index (χ0v) is 21.7. The fraction of sp³-hybridized carbons (Fsp3) is 0.192. The normalized spacial score (nSPS) is 15.2. The van der Waals surface area contributed by atoms with E-state index in [1.54, 1.807) is 24.4 Å². The molecule has 0 unspecified atom stereocenters. The molecule has 0 atom stereocenters. The molecule has 0 spiro atoms. The quantitative estimate of drug-likeness (QED) is 0.317. The van der Waals surface area contributed by atoms with Crippen LogP contribution in [0.1, 0.15) is 12.8 Å². The molecule has 5 aromatic rings. The Kier molecular flexibility index (Phi) is 6.30. The number of fused-ring (bicyclic) bond motifs is 1. The van der Waals surface area contributed by atoms with Gasteiger partial charge in [0.05, 0.1) is 16.3 Å². The van der Waals surface area contributed by atoms with Crippen molar-refractivity contribution in [2.24, 2.45) is 0 Å². The summed E-state index contributed by atoms with van der Waals surface area (Å²) in [7, 11) is -3.68. The summed E-state index contributed by atoms with van der Waals surface area (Å²) in [4.78, 5) is 14.8. The van der Waals surface area contributed by atoms with Crippen molar-refractivity contribution in [2.45, 2.75) is 23.8 Å². The predicted octanol–water partition coefficient (Wildman–Crippen LogP) is 4.63. The fourth-order valence-electron chi connectivity index (χ4n) is 4.62. The number of phenolic OH excluding ortho intramolecular Hbond substituents is 1. The number of aromatic nitrogens is 4. The van der Waals surface area contributed by atoms with Gasteiger partial charge in [0, 0.05) is 42.5 Å². The molecule has 1 aliphatic heterocycles. The molecule has 9 nitrogen and oxygen atoms in total. The largest absolute Gasteiger partial charge is 0.508 e. The maximum atomic E-state index is 13.2. The number of nitrogens with one attached hydrogen (secondary N) is 1. The Morgan fingerprint density at radius 1 is 1.05 bits per heavy atom. The summed E-state index contributed by atoms with van der Waals surface area (Å²) in [5.41, 5.74) is 2.94. The van der Waals surface area contributed by atoms with Gasteiger partial charge in [0.2, 0.25) is 16.0 Å². The van der Waals surface area contributed by atoms with Crippen LogP contribution in [0, 0.1) is 5.82 Å². The van der Waals surface area contributed by atoms with Crippen LogP contribution in [0.2, 0.25) is 0 Å². The average Bonchev–Trinajstić information content (AvgIpc) is 3.51. The van der Waals surface area contributed by atoms with Crippen molar-refractivity contribution >= 4 is 32.3 Å². The maximum Gasteiger partial charge on any atom is 0.243 e. The third-order valence-electron chi connectivity index (χ3n) is 6.52. The fourth-order valence-corrected chi connectivity index (χ4v) is 6.81. The lowest BCUT2D eigenvalue weighted by Gasteiger charge is -2.31. The smallest absolute Gasteiger partial charge is 0.243 e. The van der Waals surface area contributed by atoms with Crippen molar-refractivity contribution in [3.63, 3.8) is 0 Å². The van der Waals surface area contributed by atoms with Gasteiger partial charge in [0.1, 0.15) is 17.3 Å². The molecule has 0 radical (unpaired) electrons. The van der Waals surface area contributed by atoms with Crippen molar-refractivity contribution in [1.82, 2.24) is 23.7 Å². The van der Waals surface area contributed by atoms with E-state index in [4.69, 9.17) is 9.97 Å². The third kappa shape index (κ3) is 4.62. The van der Waals surface area contributed by atoms with E-state index in [0.717, 1.165) is 28.4 Å². The number of phenols is 1. The molecule has 0 aliphatic carbocycles. The maximum absolute atomic E-state index is 13.2. The van der Waals surface area contributed by atoms with E-state index < -0.39 is 15.8 Å². The number of hydrogen-bond donors (Lipinski definition) is 2. The number of halogens is 1. The van der Waals surface area contributed by atoms with Gasteiger partial charge in [-0.05, 0) is 55.3 Å². The number of sulfonamides is 1. The van der Waals surface area contributed by atoms with Crippen LogP contribution < -0.4 is 5.32 Å². The Morgan fingerprint density at radius 3 is 2.61 bits per heavy atom. The summed E-state index contributed by atoms with van der Waals surface area (Å²) >= 11 is 1.51. The van der Waals surface area contributed by atoms with Crippen LogP contribution in [0.5, 0.6) is 5.75 Å². The zero-order chi connectivity index (χ0) is 26.3. The second-order valence-corrected chi connectivity index (χ2v) is 11.8. The summed E-state index contributed by atoms with van der Waals surface area (Å²) in [6.07, 6.45) is 4.76. The Labute approximate surface area is 222 Å². The predicted molar refractivity (Wildman–Crippen MR) is 143 cm³/mol. The molecule has 1 saturated heterocycles. The molecule has 1 aliphatic rings. The molecule has 6 rings (SSSR count). The molecule has 0 bridgehead atoms. The van der Waals surface area contributed by atoms with Crippen molar-refractivity contribution in [2.75, 3.05) is 18.4 Å². The number of aromatic hydroxyl groups is 1. The van der Waals surface area contributed by atoms with Crippen LogP contribution in [0.15, 0.2) is 77.3 Å². The Hall–Kier alpha value is -3.87. The highest BCUT2D eigenvalue weighted by Crippen LogP contribution is 2.35. The minimum Gasteiger partial charge on any atom is -0.508 e. The highest BCUT2D eigenvalue weighted by Gasteiger charge is 2.30. The summed E-state index contributed by atoms with van der Waals surface area (Å²) in [6, 6.07) is 13.7. The minimum atomic E-state index is -3.68. The number of nitrogens with zero attached hydrogens (tertiary/aromatic N) is 5. The molecule has 0 amide bonds. The summed E-state index contributed by atoms with van der Waals surface area (Å²) in [6.45, 7) is 0.660. The van der Waals surface area contributed by atoms with Gasteiger partial charge in [0.25, 0.3) is 0 Å². The van der Waals surface area contributed by atoms with E-state index in [0.29, 0.717) is 43.3 Å². The lowest BCUT2D eigenvalue weighted by atomic mass is 10.1. The van der Waals surface area contributed by atoms with Crippen molar-refractivity contribution in [3.8, 4) is 28.4 Å². The lowest BCUT2D eigenvalue weighted by molar-refractivity contribution is 0.329. The van der Waals surface area contributed by atoms with Crippen LogP contribution in [-0.2, 0) is 10.0 Å². The standard InChI is InChI=1S/C26H23FN6O3S2/c27-18-4-6-21(7-5-18)38(35,36)32-12-9-19(10-13-32)29-25-28-11-8-22(30-25)24-23(17-2-1-3-20(34)16-17)31-26-33(24)14-15-37-26/h1-8,11,14-16,19,34H,9-10,12-13H2,(H,28,29,30). The van der Waals surface area contributed by atoms with Gasteiger partial charge in [-0.3, -0.25) is 4.40 Å². The monoisotopic (exact) mass is 550 g/mol. The highest BCUT2D eigenvalue weighted by atomic mass is 32.2. The van der Waals surface area contributed by atoms with E-state index in [-0.39, 0.29) is 16.7 Å². The first kappa shape index (κ1) is 24.5. The summed E-state index contributed by atoms with van der Waals surface area (Å²) in [5, 5.41) is 15.3. The van der Waals surface area contributed by atoms with E-state index in [1.807, 2.05) is 28.1 Å². The second kappa shape index (κ2) is 9.78. The van der Waals surface area contributed by atoms with Crippen LogP contribution in [0.3, 0.4) is 0 Å². The summed E-state index contributed by atoms with van der Waals surface area (Å²) in [5.74, 6) is 0.121. The number of rotatable bonds is 6. The first-order valence-corrected chi connectivity index (χ1v) is 14.3. The van der Waals surface area contributed by atoms with Gasteiger partial charge in [-0.15, -0.1) is 11.3 Å². The molecule has 0 saturated carbocycles. The number of piperidine rings is 1. The molecule has 38 heavy (non-hydrogen) atoms. The number of imidazole rings is 1. The van der Waals surface area contributed by atoms with Gasteiger partial charge in [-0.1, -0.05) is 12.1 Å². The van der Waals surface area contributed by atoms with Crippen molar-refractivity contribution in [3.05, 3.63) is 78.2 Å². The number of benzene rings is 2. The first-order valence-electron chi connectivity index (χ1n) is 12.0. The number of hydrogen-bond acceptors (Lipinski definition) is 8. The van der Waals surface area contributed by atoms with Crippen LogP contribution >= 0.6 is 11.3 Å². The highest BCUT2D eigenvalue weighted by molar-refractivity contribution is 7.89. The third-order valence-corrected chi connectivity index (χ3v) is 9.19. The number of anilines is 1. The number of thiazole rings is 1. The molecule has 3 aromatic heterocycles. The van der Waals surface area contributed by atoms with E-state index in [9.17, 15) is 17.9 Å². The Balaban J connectivity index is 1.21. The van der Waals surface area contributed by atoms with Crippen LogP contribution in [0.4, 0.5) is 10.3 Å². The Morgan fingerprint density at radius 2 is 1.84 bits per heavy atom. The summed E-state index contributed by atoms with van der Waals surface area (Å²) < 4.78 is 42.5. The van der Waals surface area contributed by atoms with Gasteiger partial charge in [-0.25, -0.2) is 27.8 Å². The average molecular weight is 551 g/mol. The lowest BCUT2D eigenvalue weighted by Crippen LogP contribution is -2.42. The molecule has 12 heteroatoms. The van der Waals surface area contributed by atoms with Gasteiger partial charge < -0.3 is 10.4 Å². The van der Waals surface area contributed by atoms with Crippen LogP contribution in [-0.4, -0.2) is 56.3 Å². The first-order chi connectivity index (χ1) is 18.4. The van der Waals surface area contributed by atoms with E-state index >= 15 is 0 Å². The topological polar surface area (TPSA) is 113 Å². The SMILES string of the molecule is O=S(=O)(c1ccc(F)cc1)N1CCC(Nc2nccc(-c3c(-c4cccc(O)c4)nc4sccn34)n2)CC1. The Bertz CT molecular complexity index is 1710. The molecule has 2 N–H and O–H groups in total. The molecule has 4 heterocycles. The van der Waals surface area contributed by atoms with Crippen LogP contribution in [0.25, 0.3) is 27.6 Å². The van der Waals surface area contributed by atoms with E-state index in [1.165, 1.54) is 27.8 Å². The minimum absolute atomic E-state index is 0.0120. The van der Waals surface area contributed by atoms with Crippen molar-refractivity contribution < 1.29 is 17.9 Å². The zero-order valence-electron chi connectivity index (χ0n) is 20.0. The van der Waals surface area contributed by atoms with Gasteiger partial charge in [0.15, 0.2) is 4.96 Å².